The Hall–Kier alpha value is -2.25. The van der Waals surface area contributed by atoms with Gasteiger partial charge in [-0.05, 0) is 13.8 Å². The molecule has 0 bridgehead atoms. The van der Waals surface area contributed by atoms with Crippen molar-refractivity contribution in [2.75, 3.05) is 12.4 Å². The van der Waals surface area contributed by atoms with Crippen LogP contribution in [0.15, 0.2) is 12.1 Å². The number of anilines is 1. The van der Waals surface area contributed by atoms with Crippen LogP contribution >= 0.6 is 0 Å². The first-order valence-electron chi connectivity index (χ1n) is 5.50. The molecule has 0 aromatic heterocycles. The summed E-state index contributed by atoms with van der Waals surface area (Å²) in [4.78, 5) is 23.6. The minimum Gasteiger partial charge on any atom is -0.480 e. The van der Waals surface area contributed by atoms with E-state index in [2.05, 4.69) is 0 Å². The van der Waals surface area contributed by atoms with E-state index in [1.165, 1.54) is 20.9 Å². The molecular formula is C12H13F3N2O3. The van der Waals surface area contributed by atoms with Crippen molar-refractivity contribution in [2.45, 2.75) is 19.4 Å². The second-order valence-electron chi connectivity index (χ2n) is 4.60. The number of rotatable bonds is 3. The largest absolute Gasteiger partial charge is 0.480 e. The summed E-state index contributed by atoms with van der Waals surface area (Å²) in [5, 5.41) is 10.9. The smallest absolute Gasteiger partial charge is 0.329 e. The van der Waals surface area contributed by atoms with Gasteiger partial charge in [-0.15, -0.1) is 0 Å². The number of amides is 2. The molecule has 110 valence electrons. The van der Waals surface area contributed by atoms with Gasteiger partial charge in [-0.3, -0.25) is 0 Å². The van der Waals surface area contributed by atoms with Crippen molar-refractivity contribution in [3.8, 4) is 0 Å². The van der Waals surface area contributed by atoms with E-state index >= 15 is 0 Å². The van der Waals surface area contributed by atoms with E-state index in [1.807, 2.05) is 5.32 Å². The lowest BCUT2D eigenvalue weighted by molar-refractivity contribution is -0.146. The Morgan fingerprint density at radius 1 is 1.15 bits per heavy atom. The first-order valence-corrected chi connectivity index (χ1v) is 5.50. The molecule has 0 spiro atoms. The molecule has 0 aliphatic rings. The van der Waals surface area contributed by atoms with Crippen molar-refractivity contribution in [3.63, 3.8) is 0 Å². The molecule has 0 fully saturated rings. The van der Waals surface area contributed by atoms with Crippen LogP contribution in [0.2, 0.25) is 0 Å². The number of hydrogen-bond donors (Lipinski definition) is 2. The zero-order valence-corrected chi connectivity index (χ0v) is 11.0. The van der Waals surface area contributed by atoms with Gasteiger partial charge in [0.15, 0.2) is 11.6 Å². The number of urea groups is 1. The lowest BCUT2D eigenvalue weighted by atomic mass is 10.1. The number of nitrogens with one attached hydrogen (secondary N) is 1. The van der Waals surface area contributed by atoms with Gasteiger partial charge < -0.3 is 15.3 Å². The second-order valence-corrected chi connectivity index (χ2v) is 4.60. The van der Waals surface area contributed by atoms with E-state index in [1.54, 1.807) is 0 Å². The summed E-state index contributed by atoms with van der Waals surface area (Å²) in [5.74, 6) is -5.17. The molecule has 5 nitrogen and oxygen atoms in total. The minimum absolute atomic E-state index is 0.285. The van der Waals surface area contributed by atoms with E-state index < -0.39 is 40.7 Å². The highest BCUT2D eigenvalue weighted by atomic mass is 19.2. The van der Waals surface area contributed by atoms with Gasteiger partial charge in [0.25, 0.3) is 0 Å². The van der Waals surface area contributed by atoms with E-state index in [0.717, 1.165) is 4.90 Å². The van der Waals surface area contributed by atoms with Gasteiger partial charge in [-0.2, -0.15) is 0 Å². The number of hydrogen-bond acceptors (Lipinski definition) is 2. The minimum atomic E-state index is -1.56. The molecule has 0 saturated carbocycles. The zero-order valence-electron chi connectivity index (χ0n) is 11.0. The van der Waals surface area contributed by atoms with Crippen LogP contribution in [0.5, 0.6) is 0 Å². The number of carbonyl (C=O) groups excluding carboxylic acids is 1. The fourth-order valence-electron chi connectivity index (χ4n) is 1.21. The summed E-state index contributed by atoms with van der Waals surface area (Å²) in [7, 11) is 1.18. The normalized spacial score (nSPS) is 11.1. The van der Waals surface area contributed by atoms with Crippen molar-refractivity contribution in [1.82, 2.24) is 4.90 Å². The van der Waals surface area contributed by atoms with E-state index in [-0.39, 0.29) is 6.07 Å². The Kier molecular flexibility index (Phi) is 4.26. The SMILES string of the molecule is CN(C(=O)Nc1cc(F)c(F)cc1F)C(C)(C)C(=O)O. The van der Waals surface area contributed by atoms with Gasteiger partial charge in [0.05, 0.1) is 5.69 Å². The topological polar surface area (TPSA) is 69.6 Å². The molecule has 0 radical (unpaired) electrons. The van der Waals surface area contributed by atoms with Gasteiger partial charge in [-0.1, -0.05) is 0 Å². The number of aliphatic carboxylic acids is 1. The van der Waals surface area contributed by atoms with Gasteiger partial charge in [0, 0.05) is 19.2 Å². The molecule has 0 atom stereocenters. The number of carboxylic acids is 1. The molecule has 1 aromatic rings. The third kappa shape index (κ3) is 3.01. The maximum atomic E-state index is 13.4. The number of likely N-dealkylation sites (N-methyl/N-ethyl adjacent to an activating group) is 1. The van der Waals surface area contributed by atoms with Crippen LogP contribution in [-0.4, -0.2) is 34.6 Å². The fraction of sp³-hybridized carbons (Fsp3) is 0.333. The molecule has 2 N–H and O–H groups in total. The van der Waals surface area contributed by atoms with Crippen LogP contribution in [-0.2, 0) is 4.79 Å². The average Bonchev–Trinajstić information content (AvgIpc) is 2.34. The summed E-state index contributed by atoms with van der Waals surface area (Å²) < 4.78 is 39.1. The Morgan fingerprint density at radius 3 is 2.15 bits per heavy atom. The lowest BCUT2D eigenvalue weighted by Gasteiger charge is -2.31. The van der Waals surface area contributed by atoms with Crippen molar-refractivity contribution in [2.24, 2.45) is 0 Å². The van der Waals surface area contributed by atoms with Gasteiger partial charge in [0.2, 0.25) is 0 Å². The number of carbonyl (C=O) groups is 2. The molecule has 0 unspecified atom stereocenters. The average molecular weight is 290 g/mol. The summed E-state index contributed by atoms with van der Waals surface area (Å²) in [6.07, 6.45) is 0. The second kappa shape index (κ2) is 5.40. The highest BCUT2D eigenvalue weighted by Crippen LogP contribution is 2.20. The van der Waals surface area contributed by atoms with Gasteiger partial charge in [-0.25, -0.2) is 22.8 Å². The van der Waals surface area contributed by atoms with Crippen LogP contribution in [0, 0.1) is 17.5 Å². The van der Waals surface area contributed by atoms with E-state index in [0.29, 0.717) is 6.07 Å². The Labute approximate surface area is 113 Å². The molecule has 0 aliphatic carbocycles. The first-order chi connectivity index (χ1) is 9.07. The lowest BCUT2D eigenvalue weighted by Crippen LogP contribution is -2.52. The Bertz CT molecular complexity index is 561. The van der Waals surface area contributed by atoms with E-state index in [4.69, 9.17) is 5.11 Å². The maximum absolute atomic E-state index is 13.4. The molecule has 0 heterocycles. The molecule has 0 saturated heterocycles. The number of carboxylic acid groups (broad SMARTS) is 1. The molecular weight excluding hydrogens is 277 g/mol. The summed E-state index contributed by atoms with van der Waals surface area (Å²) in [6, 6.07) is -0.209. The summed E-state index contributed by atoms with van der Waals surface area (Å²) in [6.45, 7) is 2.52. The number of halogens is 3. The molecule has 0 aliphatic heterocycles. The molecule has 8 heteroatoms. The maximum Gasteiger partial charge on any atom is 0.329 e. The summed E-state index contributed by atoms with van der Waals surface area (Å²) in [5.41, 5.74) is -2.14. The van der Waals surface area contributed by atoms with Gasteiger partial charge >= 0.3 is 12.0 Å². The summed E-state index contributed by atoms with van der Waals surface area (Å²) >= 11 is 0. The quantitative estimate of drug-likeness (QED) is 0.840. The number of nitrogens with zero attached hydrogens (tertiary/aromatic N) is 1. The fourth-order valence-corrected chi connectivity index (χ4v) is 1.21. The highest BCUT2D eigenvalue weighted by molar-refractivity contribution is 5.93. The zero-order chi connectivity index (χ0) is 15.7. The van der Waals surface area contributed by atoms with Crippen molar-refractivity contribution < 1.29 is 27.9 Å². The molecule has 1 rings (SSSR count). The van der Waals surface area contributed by atoms with Crippen LogP contribution in [0.25, 0.3) is 0 Å². The van der Waals surface area contributed by atoms with Gasteiger partial charge in [0.1, 0.15) is 11.4 Å². The first kappa shape index (κ1) is 15.8. The molecule has 20 heavy (non-hydrogen) atoms. The predicted octanol–water partition coefficient (Wildman–Crippen LogP) is 2.43. The third-order valence-corrected chi connectivity index (χ3v) is 2.92. The Morgan fingerprint density at radius 2 is 1.65 bits per heavy atom. The Balaban J connectivity index is 2.97. The van der Waals surface area contributed by atoms with Crippen molar-refractivity contribution in [1.29, 1.82) is 0 Å². The molecule has 1 aromatic carbocycles. The standard InChI is InChI=1S/C12H13F3N2O3/c1-12(2,10(18)19)17(3)11(20)16-9-5-7(14)6(13)4-8(9)15/h4-5H,1-3H3,(H,16,20)(H,18,19). The van der Waals surface area contributed by atoms with Crippen molar-refractivity contribution in [3.05, 3.63) is 29.6 Å². The number of benzene rings is 1. The van der Waals surface area contributed by atoms with Crippen LogP contribution < -0.4 is 5.32 Å². The van der Waals surface area contributed by atoms with E-state index in [9.17, 15) is 22.8 Å². The molecule has 2 amide bonds. The van der Waals surface area contributed by atoms with Crippen LogP contribution in [0.4, 0.5) is 23.7 Å². The van der Waals surface area contributed by atoms with Crippen molar-refractivity contribution >= 4 is 17.7 Å². The highest BCUT2D eigenvalue weighted by Gasteiger charge is 2.35. The van der Waals surface area contributed by atoms with Crippen LogP contribution in [0.1, 0.15) is 13.8 Å². The third-order valence-electron chi connectivity index (χ3n) is 2.92. The predicted molar refractivity (Wildman–Crippen MR) is 64.8 cm³/mol. The van der Waals surface area contributed by atoms with Crippen LogP contribution in [0.3, 0.4) is 0 Å². The monoisotopic (exact) mass is 290 g/mol.